The molecule has 0 radical (unpaired) electrons. The van der Waals surface area contributed by atoms with Crippen molar-refractivity contribution in [2.24, 2.45) is 0 Å². The van der Waals surface area contributed by atoms with Crippen LogP contribution in [-0.2, 0) is 19.4 Å². The Morgan fingerprint density at radius 1 is 1.07 bits per heavy atom. The maximum absolute atomic E-state index is 12.9. The molecule has 0 saturated carbocycles. The molecule has 0 unspecified atom stereocenters. The van der Waals surface area contributed by atoms with Crippen LogP contribution in [0.3, 0.4) is 0 Å². The lowest BCUT2D eigenvalue weighted by molar-refractivity contribution is 0.0782. The lowest BCUT2D eigenvalue weighted by atomic mass is 9.99. The van der Waals surface area contributed by atoms with E-state index in [1.54, 1.807) is 37.6 Å². The topological polar surface area (TPSA) is 55.3 Å². The van der Waals surface area contributed by atoms with Gasteiger partial charge in [0.2, 0.25) is 0 Å². The van der Waals surface area contributed by atoms with Crippen molar-refractivity contribution >= 4 is 5.91 Å². The van der Waals surface area contributed by atoms with Crippen LogP contribution in [0.1, 0.15) is 27.2 Å². The van der Waals surface area contributed by atoms with Crippen molar-refractivity contribution < 1.29 is 9.53 Å². The molecule has 0 N–H and O–H groups in total. The van der Waals surface area contributed by atoms with Crippen molar-refractivity contribution in [1.82, 2.24) is 14.9 Å². The van der Waals surface area contributed by atoms with Gasteiger partial charge in [0.15, 0.2) is 0 Å². The number of hydrogen-bond acceptors (Lipinski definition) is 4. The molecule has 0 aliphatic rings. The number of carbonyl (C=O) groups excluding carboxylic acids is 1. The second-order valence-electron chi connectivity index (χ2n) is 6.37. The molecular formula is C22H23N3O2. The molecule has 1 amide bonds. The number of nitrogens with zero attached hydrogens (tertiary/aromatic N) is 3. The summed E-state index contributed by atoms with van der Waals surface area (Å²) < 4.78 is 5.29. The van der Waals surface area contributed by atoms with Crippen molar-refractivity contribution in [2.45, 2.75) is 19.4 Å². The first-order valence-electron chi connectivity index (χ1n) is 8.88. The Kier molecular flexibility index (Phi) is 6.15. The van der Waals surface area contributed by atoms with Crippen LogP contribution in [0.4, 0.5) is 0 Å². The van der Waals surface area contributed by atoms with E-state index in [2.05, 4.69) is 16.0 Å². The highest BCUT2D eigenvalue weighted by Gasteiger charge is 2.16. The van der Waals surface area contributed by atoms with Gasteiger partial charge in [0.1, 0.15) is 5.75 Å². The van der Waals surface area contributed by atoms with Gasteiger partial charge in [0.25, 0.3) is 5.91 Å². The summed E-state index contributed by atoms with van der Waals surface area (Å²) in [5, 5.41) is 0. The molecule has 0 bridgehead atoms. The second kappa shape index (κ2) is 8.94. The van der Waals surface area contributed by atoms with Gasteiger partial charge in [-0.25, -0.2) is 0 Å². The molecular weight excluding hydrogens is 338 g/mol. The van der Waals surface area contributed by atoms with Gasteiger partial charge < -0.3 is 9.64 Å². The van der Waals surface area contributed by atoms with E-state index in [1.165, 1.54) is 5.56 Å². The van der Waals surface area contributed by atoms with Crippen LogP contribution in [-0.4, -0.2) is 34.9 Å². The Bertz CT molecular complexity index is 897. The third kappa shape index (κ3) is 4.91. The van der Waals surface area contributed by atoms with Crippen molar-refractivity contribution in [3.63, 3.8) is 0 Å². The number of aryl methyl sites for hydroxylation is 2. The fourth-order valence-electron chi connectivity index (χ4n) is 2.99. The zero-order valence-electron chi connectivity index (χ0n) is 15.6. The predicted molar refractivity (Wildman–Crippen MR) is 105 cm³/mol. The Hall–Kier alpha value is -3.21. The van der Waals surface area contributed by atoms with E-state index in [1.807, 2.05) is 42.5 Å². The number of amides is 1. The van der Waals surface area contributed by atoms with Crippen molar-refractivity contribution in [3.8, 4) is 5.75 Å². The fraction of sp³-hybridized carbons (Fsp3) is 0.227. The Morgan fingerprint density at radius 2 is 1.93 bits per heavy atom. The van der Waals surface area contributed by atoms with E-state index < -0.39 is 0 Å². The fourth-order valence-corrected chi connectivity index (χ4v) is 2.99. The van der Waals surface area contributed by atoms with Gasteiger partial charge in [0, 0.05) is 25.0 Å². The van der Waals surface area contributed by atoms with Gasteiger partial charge in [-0.15, -0.1) is 0 Å². The summed E-state index contributed by atoms with van der Waals surface area (Å²) in [6, 6.07) is 15.8. The van der Waals surface area contributed by atoms with Crippen LogP contribution in [0.2, 0.25) is 0 Å². The lowest BCUT2D eigenvalue weighted by Crippen LogP contribution is -2.27. The van der Waals surface area contributed by atoms with E-state index in [0.717, 1.165) is 35.4 Å². The number of ether oxygens (including phenoxy) is 1. The largest absolute Gasteiger partial charge is 0.497 e. The summed E-state index contributed by atoms with van der Waals surface area (Å²) in [5.74, 6) is 0.836. The number of rotatable bonds is 7. The average Bonchev–Trinajstić information content (AvgIpc) is 2.73. The van der Waals surface area contributed by atoms with Crippen LogP contribution in [0.5, 0.6) is 5.75 Å². The summed E-state index contributed by atoms with van der Waals surface area (Å²) in [6.45, 7) is 0.427. The molecule has 138 valence electrons. The molecule has 0 atom stereocenters. The SMILES string of the molecule is COc1cccc(CCc2ccccc2C(=O)N(C)Cc2cnccn2)c1. The molecule has 5 heteroatoms. The molecule has 5 nitrogen and oxygen atoms in total. The quantitative estimate of drug-likeness (QED) is 0.646. The number of benzene rings is 2. The minimum Gasteiger partial charge on any atom is -0.497 e. The molecule has 3 rings (SSSR count). The van der Waals surface area contributed by atoms with Crippen LogP contribution in [0.25, 0.3) is 0 Å². The number of methoxy groups -OCH3 is 1. The van der Waals surface area contributed by atoms with E-state index >= 15 is 0 Å². The Morgan fingerprint density at radius 3 is 2.70 bits per heavy atom. The van der Waals surface area contributed by atoms with Crippen LogP contribution in [0.15, 0.2) is 67.1 Å². The van der Waals surface area contributed by atoms with Gasteiger partial charge in [-0.1, -0.05) is 30.3 Å². The maximum atomic E-state index is 12.9. The van der Waals surface area contributed by atoms with Gasteiger partial charge in [0.05, 0.1) is 25.5 Å². The average molecular weight is 361 g/mol. The number of aromatic nitrogens is 2. The zero-order chi connectivity index (χ0) is 19.1. The summed E-state index contributed by atoms with van der Waals surface area (Å²) in [4.78, 5) is 22.9. The van der Waals surface area contributed by atoms with Gasteiger partial charge in [-0.2, -0.15) is 0 Å². The number of carbonyl (C=O) groups is 1. The monoisotopic (exact) mass is 361 g/mol. The van der Waals surface area contributed by atoms with Crippen LogP contribution >= 0.6 is 0 Å². The maximum Gasteiger partial charge on any atom is 0.254 e. The van der Waals surface area contributed by atoms with E-state index in [-0.39, 0.29) is 5.91 Å². The molecule has 1 aromatic heterocycles. The lowest BCUT2D eigenvalue weighted by Gasteiger charge is -2.18. The molecule has 0 aliphatic carbocycles. The highest BCUT2D eigenvalue weighted by atomic mass is 16.5. The van der Waals surface area contributed by atoms with Crippen LogP contribution in [0, 0.1) is 0 Å². The van der Waals surface area contributed by atoms with E-state index in [9.17, 15) is 4.79 Å². The highest BCUT2D eigenvalue weighted by Crippen LogP contribution is 2.18. The van der Waals surface area contributed by atoms with E-state index in [4.69, 9.17) is 4.74 Å². The van der Waals surface area contributed by atoms with E-state index in [0.29, 0.717) is 6.54 Å². The van der Waals surface area contributed by atoms with Gasteiger partial charge in [-0.05, 0) is 42.2 Å². The molecule has 1 heterocycles. The molecule has 27 heavy (non-hydrogen) atoms. The Labute approximate surface area is 159 Å². The molecule has 0 fully saturated rings. The molecule has 0 spiro atoms. The third-order valence-electron chi connectivity index (χ3n) is 4.43. The Balaban J connectivity index is 1.71. The van der Waals surface area contributed by atoms with Crippen molar-refractivity contribution in [3.05, 3.63) is 89.5 Å². The number of hydrogen-bond donors (Lipinski definition) is 0. The standard InChI is InChI=1S/C22H23N3O2/c1-25(16-19-15-23-12-13-24-19)22(26)21-9-4-3-7-18(21)11-10-17-6-5-8-20(14-17)27-2/h3-9,12-15H,10-11,16H2,1-2H3. The third-order valence-corrected chi connectivity index (χ3v) is 4.43. The summed E-state index contributed by atoms with van der Waals surface area (Å²) in [5.41, 5.74) is 3.72. The first kappa shape index (κ1) is 18.6. The minimum atomic E-state index is -0.0121. The minimum absolute atomic E-state index is 0.0121. The first-order chi connectivity index (χ1) is 13.2. The van der Waals surface area contributed by atoms with Crippen molar-refractivity contribution in [1.29, 1.82) is 0 Å². The second-order valence-corrected chi connectivity index (χ2v) is 6.37. The zero-order valence-corrected chi connectivity index (χ0v) is 15.6. The molecule has 3 aromatic rings. The predicted octanol–water partition coefficient (Wildman–Crippen LogP) is 3.54. The summed E-state index contributed by atoms with van der Waals surface area (Å²) in [6.07, 6.45) is 6.57. The first-order valence-corrected chi connectivity index (χ1v) is 8.88. The van der Waals surface area contributed by atoms with Crippen molar-refractivity contribution in [2.75, 3.05) is 14.2 Å². The normalized spacial score (nSPS) is 10.4. The summed E-state index contributed by atoms with van der Waals surface area (Å²) in [7, 11) is 3.45. The van der Waals surface area contributed by atoms with Gasteiger partial charge >= 0.3 is 0 Å². The van der Waals surface area contributed by atoms with Gasteiger partial charge in [-0.3, -0.25) is 14.8 Å². The highest BCUT2D eigenvalue weighted by molar-refractivity contribution is 5.95. The smallest absolute Gasteiger partial charge is 0.254 e. The summed E-state index contributed by atoms with van der Waals surface area (Å²) >= 11 is 0. The van der Waals surface area contributed by atoms with Crippen LogP contribution < -0.4 is 4.74 Å². The molecule has 2 aromatic carbocycles. The molecule has 0 aliphatic heterocycles. The molecule has 0 saturated heterocycles.